The summed E-state index contributed by atoms with van der Waals surface area (Å²) in [5, 5.41) is 3.19. The summed E-state index contributed by atoms with van der Waals surface area (Å²) in [6, 6.07) is 0.0428. The first-order valence-electron chi connectivity index (χ1n) is 4.86. The van der Waals surface area contributed by atoms with Crippen molar-refractivity contribution < 1.29 is 8.78 Å². The van der Waals surface area contributed by atoms with Crippen LogP contribution in [0.25, 0.3) is 0 Å². The summed E-state index contributed by atoms with van der Waals surface area (Å²) >= 11 is 0. The number of piperidine rings is 1. The molecule has 0 aliphatic carbocycles. The first-order chi connectivity index (χ1) is 6.17. The topological polar surface area (TPSA) is 15.3 Å². The number of likely N-dealkylation sites (tertiary alicyclic amines) is 1. The quantitative estimate of drug-likeness (QED) is 0.662. The molecule has 0 radical (unpaired) electrons. The van der Waals surface area contributed by atoms with E-state index in [1.165, 1.54) is 0 Å². The fraction of sp³-hybridized carbons (Fsp3) is 1.00. The summed E-state index contributed by atoms with van der Waals surface area (Å²) in [4.78, 5) is 2.07. The molecular formula is C9H16F2N2. The maximum absolute atomic E-state index is 13.0. The minimum atomic E-state index is -2.16. The van der Waals surface area contributed by atoms with Crippen molar-refractivity contribution in [1.82, 2.24) is 10.2 Å². The second kappa shape index (κ2) is 3.17. The van der Waals surface area contributed by atoms with Crippen LogP contribution in [-0.2, 0) is 0 Å². The number of hydrogen-bond acceptors (Lipinski definition) is 2. The van der Waals surface area contributed by atoms with Gasteiger partial charge in [0.05, 0.1) is 5.41 Å². The Bertz CT molecular complexity index is 194. The van der Waals surface area contributed by atoms with Crippen LogP contribution in [0.1, 0.15) is 12.8 Å². The zero-order valence-corrected chi connectivity index (χ0v) is 7.89. The Hall–Kier alpha value is -0.220. The van der Waals surface area contributed by atoms with Crippen LogP contribution < -0.4 is 5.32 Å². The van der Waals surface area contributed by atoms with Crippen molar-refractivity contribution in [3.63, 3.8) is 0 Å². The van der Waals surface area contributed by atoms with E-state index in [0.717, 1.165) is 19.6 Å². The van der Waals surface area contributed by atoms with Gasteiger partial charge in [-0.05, 0) is 33.0 Å². The van der Waals surface area contributed by atoms with Crippen molar-refractivity contribution in [3.05, 3.63) is 0 Å². The maximum atomic E-state index is 13.0. The molecule has 13 heavy (non-hydrogen) atoms. The summed E-state index contributed by atoms with van der Waals surface area (Å²) in [7, 11) is 1.95. The van der Waals surface area contributed by atoms with Crippen molar-refractivity contribution in [1.29, 1.82) is 0 Å². The number of rotatable bonds is 1. The Kier molecular flexibility index (Phi) is 2.28. The van der Waals surface area contributed by atoms with E-state index < -0.39 is 11.8 Å². The average molecular weight is 190 g/mol. The van der Waals surface area contributed by atoms with E-state index in [4.69, 9.17) is 0 Å². The highest BCUT2D eigenvalue weighted by Gasteiger charge is 2.53. The molecule has 2 nitrogen and oxygen atoms in total. The normalized spacial score (nSPS) is 41.1. The van der Waals surface area contributed by atoms with Crippen molar-refractivity contribution in [3.8, 4) is 0 Å². The molecule has 0 amide bonds. The standard InChI is InChI=1S/C9H16F2N2/c1-13-5-3-9(8(10)11)2-4-12-6-7(9)13/h7-8,12H,2-6H2,1H3. The summed E-state index contributed by atoms with van der Waals surface area (Å²) in [6.07, 6.45) is -0.878. The number of nitrogens with one attached hydrogen (secondary N) is 1. The summed E-state index contributed by atoms with van der Waals surface area (Å²) in [5.74, 6) is 0. The molecule has 2 saturated heterocycles. The lowest BCUT2D eigenvalue weighted by Crippen LogP contribution is -2.53. The van der Waals surface area contributed by atoms with E-state index in [0.29, 0.717) is 12.8 Å². The van der Waals surface area contributed by atoms with Crippen LogP contribution in [0.5, 0.6) is 0 Å². The number of fused-ring (bicyclic) bond motifs is 1. The fourth-order valence-electron chi connectivity index (χ4n) is 2.72. The zero-order valence-electron chi connectivity index (χ0n) is 7.89. The molecule has 0 aromatic carbocycles. The molecule has 1 N–H and O–H groups in total. The highest BCUT2D eigenvalue weighted by atomic mass is 19.3. The van der Waals surface area contributed by atoms with Gasteiger partial charge in [0.15, 0.2) is 0 Å². The number of alkyl halides is 2. The molecule has 2 unspecified atom stereocenters. The first kappa shape index (κ1) is 9.34. The molecular weight excluding hydrogens is 174 g/mol. The minimum absolute atomic E-state index is 0.0428. The molecule has 2 atom stereocenters. The van der Waals surface area contributed by atoms with E-state index >= 15 is 0 Å². The van der Waals surface area contributed by atoms with Crippen LogP contribution in [0.3, 0.4) is 0 Å². The monoisotopic (exact) mass is 190 g/mol. The highest BCUT2D eigenvalue weighted by Crippen LogP contribution is 2.45. The molecule has 0 spiro atoms. The van der Waals surface area contributed by atoms with Crippen molar-refractivity contribution in [2.75, 3.05) is 26.7 Å². The zero-order chi connectivity index (χ0) is 9.47. The van der Waals surface area contributed by atoms with Gasteiger partial charge in [-0.15, -0.1) is 0 Å². The summed E-state index contributed by atoms with van der Waals surface area (Å²) < 4.78 is 26.0. The van der Waals surface area contributed by atoms with Crippen LogP contribution in [-0.4, -0.2) is 44.0 Å². The van der Waals surface area contributed by atoms with Gasteiger partial charge >= 0.3 is 0 Å². The first-order valence-corrected chi connectivity index (χ1v) is 4.86. The highest BCUT2D eigenvalue weighted by molar-refractivity contribution is 5.03. The maximum Gasteiger partial charge on any atom is 0.245 e. The average Bonchev–Trinajstić information content (AvgIpc) is 2.46. The van der Waals surface area contributed by atoms with Crippen LogP contribution in [0.4, 0.5) is 8.78 Å². The van der Waals surface area contributed by atoms with Crippen molar-refractivity contribution in [2.24, 2.45) is 5.41 Å². The van der Waals surface area contributed by atoms with Crippen LogP contribution in [0, 0.1) is 5.41 Å². The Morgan fingerprint density at radius 2 is 2.23 bits per heavy atom. The van der Waals surface area contributed by atoms with E-state index in [-0.39, 0.29) is 6.04 Å². The minimum Gasteiger partial charge on any atom is -0.315 e. The van der Waals surface area contributed by atoms with Gasteiger partial charge in [0.1, 0.15) is 0 Å². The van der Waals surface area contributed by atoms with Gasteiger partial charge in [-0.3, -0.25) is 0 Å². The molecule has 2 heterocycles. The predicted molar refractivity (Wildman–Crippen MR) is 47.0 cm³/mol. The lowest BCUT2D eigenvalue weighted by Gasteiger charge is -2.40. The van der Waals surface area contributed by atoms with Crippen molar-refractivity contribution >= 4 is 0 Å². The molecule has 76 valence electrons. The molecule has 2 rings (SSSR count). The Labute approximate surface area is 77.3 Å². The summed E-state index contributed by atoms with van der Waals surface area (Å²) in [5.41, 5.74) is -0.708. The third kappa shape index (κ3) is 1.27. The van der Waals surface area contributed by atoms with E-state index in [9.17, 15) is 8.78 Å². The SMILES string of the molecule is CN1CCC2(C(F)F)CCNCC12. The van der Waals surface area contributed by atoms with Crippen molar-refractivity contribution in [2.45, 2.75) is 25.3 Å². The number of hydrogen-bond donors (Lipinski definition) is 1. The number of nitrogens with zero attached hydrogens (tertiary/aromatic N) is 1. The van der Waals surface area contributed by atoms with Crippen LogP contribution >= 0.6 is 0 Å². The molecule has 2 aliphatic rings. The number of likely N-dealkylation sites (N-methyl/N-ethyl adjacent to an activating group) is 1. The third-order valence-electron chi connectivity index (χ3n) is 3.67. The Balaban J connectivity index is 2.22. The van der Waals surface area contributed by atoms with Gasteiger partial charge in [0.2, 0.25) is 6.43 Å². The van der Waals surface area contributed by atoms with Gasteiger partial charge in [0, 0.05) is 12.6 Å². The second-order valence-corrected chi connectivity index (χ2v) is 4.23. The number of halogens is 2. The third-order valence-corrected chi connectivity index (χ3v) is 3.67. The predicted octanol–water partition coefficient (Wildman–Crippen LogP) is 0.935. The van der Waals surface area contributed by atoms with E-state index in [1.54, 1.807) is 0 Å². The van der Waals surface area contributed by atoms with E-state index in [1.807, 2.05) is 7.05 Å². The molecule has 0 aromatic rings. The molecule has 0 aromatic heterocycles. The Morgan fingerprint density at radius 1 is 1.46 bits per heavy atom. The molecule has 0 saturated carbocycles. The Morgan fingerprint density at radius 3 is 2.85 bits per heavy atom. The van der Waals surface area contributed by atoms with Gasteiger partial charge < -0.3 is 10.2 Å². The smallest absolute Gasteiger partial charge is 0.245 e. The fourth-order valence-corrected chi connectivity index (χ4v) is 2.72. The molecule has 4 heteroatoms. The second-order valence-electron chi connectivity index (χ2n) is 4.23. The molecule has 2 fully saturated rings. The largest absolute Gasteiger partial charge is 0.315 e. The molecule has 0 bridgehead atoms. The van der Waals surface area contributed by atoms with Crippen LogP contribution in [0.15, 0.2) is 0 Å². The van der Waals surface area contributed by atoms with E-state index in [2.05, 4.69) is 10.2 Å². The van der Waals surface area contributed by atoms with Gasteiger partial charge in [-0.2, -0.15) is 0 Å². The van der Waals surface area contributed by atoms with Gasteiger partial charge in [0.25, 0.3) is 0 Å². The lowest BCUT2D eigenvalue weighted by atomic mass is 9.75. The van der Waals surface area contributed by atoms with Crippen LogP contribution in [0.2, 0.25) is 0 Å². The van der Waals surface area contributed by atoms with Gasteiger partial charge in [-0.25, -0.2) is 8.78 Å². The lowest BCUT2D eigenvalue weighted by molar-refractivity contribution is -0.0428. The molecule has 2 aliphatic heterocycles. The van der Waals surface area contributed by atoms with Gasteiger partial charge in [-0.1, -0.05) is 0 Å². The summed E-state index contributed by atoms with van der Waals surface area (Å²) in [6.45, 7) is 2.28.